The summed E-state index contributed by atoms with van der Waals surface area (Å²) in [5, 5.41) is 0. The number of rotatable bonds is 6. The summed E-state index contributed by atoms with van der Waals surface area (Å²) in [6, 6.07) is 6.43. The monoisotopic (exact) mass is 244 g/mol. The summed E-state index contributed by atoms with van der Waals surface area (Å²) < 4.78 is 0. The van der Waals surface area contributed by atoms with E-state index in [2.05, 4.69) is 69.0 Å². The fraction of sp³-hybridized carbons (Fsp3) is 0.375. The van der Waals surface area contributed by atoms with Crippen molar-refractivity contribution in [1.29, 1.82) is 0 Å². The fourth-order valence-corrected chi connectivity index (χ4v) is 1.96. The highest BCUT2D eigenvalue weighted by Gasteiger charge is 2.13. The lowest BCUT2D eigenvalue weighted by molar-refractivity contribution is 0.428. The second-order valence-corrected chi connectivity index (χ2v) is 4.44. The lowest BCUT2D eigenvalue weighted by Crippen LogP contribution is -2.32. The van der Waals surface area contributed by atoms with E-state index in [1.165, 1.54) is 11.3 Å². The van der Waals surface area contributed by atoms with E-state index in [4.69, 9.17) is 0 Å². The summed E-state index contributed by atoms with van der Waals surface area (Å²) in [6.07, 6.45) is 1.91. The molecule has 0 heterocycles. The van der Waals surface area contributed by atoms with Crippen LogP contribution >= 0.6 is 0 Å². The molecule has 0 bridgehead atoms. The van der Waals surface area contributed by atoms with E-state index in [1.807, 2.05) is 6.08 Å². The Bertz CT molecular complexity index is 435. The number of anilines is 1. The molecule has 98 valence electrons. The van der Waals surface area contributed by atoms with Crippen molar-refractivity contribution in [1.82, 2.24) is 4.90 Å². The molecule has 0 unspecified atom stereocenters. The lowest BCUT2D eigenvalue weighted by atomic mass is 10.1. The number of benzene rings is 1. The first-order chi connectivity index (χ1) is 8.54. The van der Waals surface area contributed by atoms with Crippen molar-refractivity contribution in [3.63, 3.8) is 0 Å². The molecule has 0 N–H and O–H groups in total. The van der Waals surface area contributed by atoms with Gasteiger partial charge in [0, 0.05) is 25.8 Å². The van der Waals surface area contributed by atoms with Crippen molar-refractivity contribution in [3.8, 4) is 0 Å². The highest BCUT2D eigenvalue weighted by molar-refractivity contribution is 5.69. The Labute approximate surface area is 111 Å². The van der Waals surface area contributed by atoms with Gasteiger partial charge in [-0.05, 0) is 38.5 Å². The topological polar surface area (TPSA) is 6.48 Å². The Morgan fingerprint density at radius 3 is 2.44 bits per heavy atom. The molecule has 1 aromatic rings. The molecule has 0 saturated heterocycles. The van der Waals surface area contributed by atoms with Crippen LogP contribution < -0.4 is 4.90 Å². The minimum absolute atomic E-state index is 0.896. The average molecular weight is 244 g/mol. The predicted molar refractivity (Wildman–Crippen MR) is 81.7 cm³/mol. The van der Waals surface area contributed by atoms with Gasteiger partial charge in [0.15, 0.2) is 0 Å². The first-order valence-corrected chi connectivity index (χ1v) is 6.45. The lowest BCUT2D eigenvalue weighted by Gasteiger charge is -2.32. The summed E-state index contributed by atoms with van der Waals surface area (Å²) in [6.45, 7) is 16.3. The van der Waals surface area contributed by atoms with E-state index in [-0.39, 0.29) is 0 Å². The second-order valence-electron chi connectivity index (χ2n) is 4.44. The summed E-state index contributed by atoms with van der Waals surface area (Å²) in [5.41, 5.74) is 3.57. The Morgan fingerprint density at radius 2 is 1.94 bits per heavy atom. The van der Waals surface area contributed by atoms with Crippen LogP contribution in [0.3, 0.4) is 0 Å². The zero-order valence-corrected chi connectivity index (χ0v) is 12.0. The van der Waals surface area contributed by atoms with Crippen LogP contribution in [0.15, 0.2) is 37.2 Å². The normalized spacial score (nSPS) is 10.0. The van der Waals surface area contributed by atoms with Gasteiger partial charge in [0.1, 0.15) is 5.82 Å². The van der Waals surface area contributed by atoms with Gasteiger partial charge in [-0.3, -0.25) is 0 Å². The highest BCUT2D eigenvalue weighted by Crippen LogP contribution is 2.26. The molecule has 0 aliphatic carbocycles. The van der Waals surface area contributed by atoms with Crippen molar-refractivity contribution >= 4 is 11.8 Å². The molecule has 0 aliphatic rings. The van der Waals surface area contributed by atoms with Gasteiger partial charge in [0.25, 0.3) is 0 Å². The van der Waals surface area contributed by atoms with Crippen LogP contribution in [0, 0.1) is 6.92 Å². The molecule has 18 heavy (non-hydrogen) atoms. The number of hydrogen-bond donors (Lipinski definition) is 0. The molecular formula is C16H24N2. The third kappa shape index (κ3) is 2.95. The summed E-state index contributed by atoms with van der Waals surface area (Å²) in [7, 11) is 2.06. The molecule has 2 heteroatoms. The van der Waals surface area contributed by atoms with Crippen LogP contribution in [0.5, 0.6) is 0 Å². The SMILES string of the molecule is C=Cc1cc(C)ccc1N(CC)C(=C)N(C)CC. The molecular weight excluding hydrogens is 220 g/mol. The maximum Gasteiger partial charge on any atom is 0.101 e. The third-order valence-corrected chi connectivity index (χ3v) is 3.24. The maximum atomic E-state index is 4.19. The highest BCUT2D eigenvalue weighted by atomic mass is 15.3. The van der Waals surface area contributed by atoms with Crippen molar-refractivity contribution in [2.24, 2.45) is 0 Å². The molecule has 0 fully saturated rings. The molecule has 2 nitrogen and oxygen atoms in total. The Kier molecular flexibility index (Phi) is 5.02. The van der Waals surface area contributed by atoms with Crippen LogP contribution in [-0.4, -0.2) is 25.0 Å². The maximum absolute atomic E-state index is 4.19. The van der Waals surface area contributed by atoms with Gasteiger partial charge in [-0.25, -0.2) is 0 Å². The minimum atomic E-state index is 0.896. The second kappa shape index (κ2) is 6.29. The van der Waals surface area contributed by atoms with Gasteiger partial charge in [0.2, 0.25) is 0 Å². The van der Waals surface area contributed by atoms with Crippen LogP contribution in [0.2, 0.25) is 0 Å². The van der Waals surface area contributed by atoms with Crippen molar-refractivity contribution < 1.29 is 0 Å². The average Bonchev–Trinajstić information content (AvgIpc) is 2.39. The molecule has 1 rings (SSSR count). The van der Waals surface area contributed by atoms with Gasteiger partial charge in [-0.2, -0.15) is 0 Å². The van der Waals surface area contributed by atoms with E-state index in [0.717, 1.165) is 24.5 Å². The van der Waals surface area contributed by atoms with E-state index in [0.29, 0.717) is 0 Å². The summed E-state index contributed by atoms with van der Waals surface area (Å²) >= 11 is 0. The predicted octanol–water partition coefficient (Wildman–Crippen LogP) is 3.89. The van der Waals surface area contributed by atoms with E-state index >= 15 is 0 Å². The zero-order valence-electron chi connectivity index (χ0n) is 12.0. The first-order valence-electron chi connectivity index (χ1n) is 6.45. The van der Waals surface area contributed by atoms with Crippen LogP contribution in [-0.2, 0) is 0 Å². The molecule has 1 aromatic carbocycles. The largest absolute Gasteiger partial charge is 0.362 e. The summed E-state index contributed by atoms with van der Waals surface area (Å²) in [4.78, 5) is 4.37. The quantitative estimate of drug-likeness (QED) is 0.749. The fourth-order valence-electron chi connectivity index (χ4n) is 1.96. The third-order valence-electron chi connectivity index (χ3n) is 3.24. The standard InChI is InChI=1S/C16H24N2/c1-7-15-12-13(4)10-11-16(15)18(9-3)14(5)17(6)8-2/h7,10-12H,1,5,8-9H2,2-4,6H3. The van der Waals surface area contributed by atoms with Gasteiger partial charge in [-0.15, -0.1) is 0 Å². The van der Waals surface area contributed by atoms with Gasteiger partial charge in [0.05, 0.1) is 0 Å². The Morgan fingerprint density at radius 1 is 1.28 bits per heavy atom. The molecule has 0 aromatic heterocycles. The number of aryl methyl sites for hydroxylation is 1. The Hall–Kier alpha value is -1.70. The summed E-state index contributed by atoms with van der Waals surface area (Å²) in [5.74, 6) is 1.02. The van der Waals surface area contributed by atoms with Crippen molar-refractivity contribution in [2.75, 3.05) is 25.0 Å². The first kappa shape index (κ1) is 14.4. The molecule has 0 amide bonds. The van der Waals surface area contributed by atoms with Crippen molar-refractivity contribution in [3.05, 3.63) is 48.3 Å². The van der Waals surface area contributed by atoms with Crippen LogP contribution in [0.4, 0.5) is 5.69 Å². The van der Waals surface area contributed by atoms with Crippen molar-refractivity contribution in [2.45, 2.75) is 20.8 Å². The van der Waals surface area contributed by atoms with Crippen LogP contribution in [0.1, 0.15) is 25.0 Å². The molecule has 0 atom stereocenters. The minimum Gasteiger partial charge on any atom is -0.362 e. The molecule has 0 radical (unpaired) electrons. The van der Waals surface area contributed by atoms with E-state index in [1.54, 1.807) is 0 Å². The number of nitrogens with zero attached hydrogens (tertiary/aromatic N) is 2. The smallest absolute Gasteiger partial charge is 0.101 e. The number of hydrogen-bond acceptors (Lipinski definition) is 2. The van der Waals surface area contributed by atoms with Gasteiger partial charge in [-0.1, -0.05) is 30.9 Å². The zero-order chi connectivity index (χ0) is 13.7. The van der Waals surface area contributed by atoms with E-state index in [9.17, 15) is 0 Å². The molecule has 0 spiro atoms. The van der Waals surface area contributed by atoms with Gasteiger partial charge >= 0.3 is 0 Å². The molecule has 0 aliphatic heterocycles. The van der Waals surface area contributed by atoms with E-state index < -0.39 is 0 Å². The molecule has 0 saturated carbocycles. The van der Waals surface area contributed by atoms with Gasteiger partial charge < -0.3 is 9.80 Å². The Balaban J connectivity index is 3.16. The van der Waals surface area contributed by atoms with Crippen LogP contribution in [0.25, 0.3) is 6.08 Å².